The normalized spacial score (nSPS) is 13.8. The monoisotopic (exact) mass is 649 g/mol. The Balaban J connectivity index is 1.54. The molecule has 1 aliphatic rings. The Bertz CT molecular complexity index is 1900. The molecule has 0 radical (unpaired) electrons. The minimum Gasteiger partial charge on any atom is -0.452 e. The van der Waals surface area contributed by atoms with Crippen molar-refractivity contribution >= 4 is 47.0 Å². The lowest BCUT2D eigenvalue weighted by atomic mass is 9.76. The predicted molar refractivity (Wildman–Crippen MR) is 207 cm³/mol. The first-order valence-corrected chi connectivity index (χ1v) is 19.8. The average molecular weight is 650 g/mol. The van der Waals surface area contributed by atoms with E-state index in [0.717, 1.165) is 17.9 Å². The van der Waals surface area contributed by atoms with Crippen molar-refractivity contribution in [3.8, 4) is 11.5 Å². The molecule has 0 aromatic heterocycles. The molecule has 0 atom stereocenters. The van der Waals surface area contributed by atoms with Crippen LogP contribution in [0.5, 0.6) is 11.5 Å². The molecule has 0 spiro atoms. The van der Waals surface area contributed by atoms with Crippen LogP contribution in [0.15, 0.2) is 158 Å². The van der Waals surface area contributed by atoms with Gasteiger partial charge in [-0.15, -0.1) is 0 Å². The van der Waals surface area contributed by atoms with Gasteiger partial charge in [0.25, 0.3) is 0 Å². The van der Waals surface area contributed by atoms with E-state index in [0.29, 0.717) is 0 Å². The standard InChI is InChI=1S/C44H43OP2/c1-6-43(2,3)47(35-25-15-9-16-26-35,36-27-17-10-18-28-36)40-32-20-30-38-42(40)45-41-37(44(38,4)5)29-19-31-39(41)46(33-21-11-7-12-22-33)34-23-13-8-14-24-34/h7-32H,6H2,1-5H3/q+1. The Morgan fingerprint density at radius 3 is 1.49 bits per heavy atom. The third-order valence-corrected chi connectivity index (χ3v) is 18.0. The summed E-state index contributed by atoms with van der Waals surface area (Å²) in [4.78, 5) is 0. The first kappa shape index (κ1) is 31.6. The van der Waals surface area contributed by atoms with Gasteiger partial charge in [0.05, 0.1) is 5.16 Å². The Morgan fingerprint density at radius 2 is 1.00 bits per heavy atom. The molecule has 0 N–H and O–H groups in total. The fourth-order valence-corrected chi connectivity index (χ4v) is 15.3. The number of benzene rings is 6. The second kappa shape index (κ2) is 12.5. The van der Waals surface area contributed by atoms with E-state index in [9.17, 15) is 0 Å². The minimum atomic E-state index is -2.26. The minimum absolute atomic E-state index is 0.0428. The third kappa shape index (κ3) is 5.17. The van der Waals surface area contributed by atoms with Gasteiger partial charge in [0.2, 0.25) is 0 Å². The molecule has 0 bridgehead atoms. The Kier molecular flexibility index (Phi) is 8.42. The molecule has 0 unspecified atom stereocenters. The molecule has 234 valence electrons. The summed E-state index contributed by atoms with van der Waals surface area (Å²) in [6.45, 7) is 12.0. The van der Waals surface area contributed by atoms with E-state index in [1.807, 2.05) is 0 Å². The van der Waals surface area contributed by atoms with Gasteiger partial charge >= 0.3 is 0 Å². The second-order valence-electron chi connectivity index (χ2n) is 13.5. The van der Waals surface area contributed by atoms with Gasteiger partial charge < -0.3 is 4.74 Å². The van der Waals surface area contributed by atoms with Crippen molar-refractivity contribution in [3.05, 3.63) is 169 Å². The van der Waals surface area contributed by atoms with Gasteiger partial charge in [-0.3, -0.25) is 0 Å². The van der Waals surface area contributed by atoms with Crippen LogP contribution in [-0.2, 0) is 5.41 Å². The smallest absolute Gasteiger partial charge is 0.174 e. The van der Waals surface area contributed by atoms with E-state index in [-0.39, 0.29) is 10.6 Å². The number of hydrogen-bond acceptors (Lipinski definition) is 1. The molecule has 1 nitrogen and oxygen atoms in total. The van der Waals surface area contributed by atoms with Crippen LogP contribution in [0.3, 0.4) is 0 Å². The Morgan fingerprint density at radius 1 is 0.553 bits per heavy atom. The van der Waals surface area contributed by atoms with E-state index in [4.69, 9.17) is 4.74 Å². The maximum absolute atomic E-state index is 7.53. The largest absolute Gasteiger partial charge is 0.452 e. The second-order valence-corrected chi connectivity index (χ2v) is 19.8. The number of para-hydroxylation sites is 2. The van der Waals surface area contributed by atoms with Crippen LogP contribution >= 0.6 is 15.2 Å². The molecule has 0 fully saturated rings. The average Bonchev–Trinajstić information content (AvgIpc) is 3.11. The fraction of sp³-hybridized carbons (Fsp3) is 0.182. The molecule has 6 aromatic rings. The van der Waals surface area contributed by atoms with Crippen molar-refractivity contribution in [3.63, 3.8) is 0 Å². The molecular formula is C44H43OP2+. The number of hydrogen-bond donors (Lipinski definition) is 0. The SMILES string of the molecule is CCC(C)(C)[P+](c1ccccc1)(c1ccccc1)c1cccc2c1Oc1c(P(c3ccccc3)c3ccccc3)cccc1C2(C)C. The first-order valence-electron chi connectivity index (χ1n) is 16.7. The van der Waals surface area contributed by atoms with Gasteiger partial charge in [-0.2, -0.15) is 0 Å². The third-order valence-electron chi connectivity index (χ3n) is 10.2. The van der Waals surface area contributed by atoms with Crippen molar-refractivity contribution in [2.45, 2.75) is 51.6 Å². The summed E-state index contributed by atoms with van der Waals surface area (Å²) < 4.78 is 7.53. The predicted octanol–water partition coefficient (Wildman–Crippen LogP) is 9.36. The van der Waals surface area contributed by atoms with Crippen molar-refractivity contribution in [2.24, 2.45) is 0 Å². The van der Waals surface area contributed by atoms with E-state index in [1.165, 1.54) is 43.0 Å². The van der Waals surface area contributed by atoms with E-state index in [1.54, 1.807) is 0 Å². The lowest BCUT2D eigenvalue weighted by molar-refractivity contribution is 0.424. The maximum Gasteiger partial charge on any atom is 0.174 e. The van der Waals surface area contributed by atoms with E-state index >= 15 is 0 Å². The van der Waals surface area contributed by atoms with Crippen LogP contribution < -0.4 is 36.6 Å². The van der Waals surface area contributed by atoms with Crippen molar-refractivity contribution in [2.75, 3.05) is 0 Å². The van der Waals surface area contributed by atoms with Gasteiger partial charge in [-0.25, -0.2) is 0 Å². The highest BCUT2D eigenvalue weighted by molar-refractivity contribution is 7.97. The van der Waals surface area contributed by atoms with Crippen molar-refractivity contribution in [1.29, 1.82) is 0 Å². The molecule has 1 heterocycles. The highest BCUT2D eigenvalue weighted by Crippen LogP contribution is 2.69. The summed E-state index contributed by atoms with van der Waals surface area (Å²) in [6.07, 6.45) is 1.03. The van der Waals surface area contributed by atoms with Gasteiger partial charge in [-0.1, -0.05) is 148 Å². The summed E-state index contributed by atoms with van der Waals surface area (Å²) >= 11 is 0. The molecule has 6 aromatic carbocycles. The summed E-state index contributed by atoms with van der Waals surface area (Å²) in [5.41, 5.74) is 2.24. The highest BCUT2D eigenvalue weighted by Gasteiger charge is 2.59. The number of fused-ring (bicyclic) bond motifs is 2. The molecule has 0 saturated heterocycles. The van der Waals surface area contributed by atoms with Crippen molar-refractivity contribution < 1.29 is 4.74 Å². The summed E-state index contributed by atoms with van der Waals surface area (Å²) in [6, 6.07) is 58.3. The van der Waals surface area contributed by atoms with Gasteiger partial charge in [-0.05, 0) is 69.1 Å². The molecule has 0 saturated carbocycles. The zero-order chi connectivity index (χ0) is 32.6. The molecule has 7 rings (SSSR count). The van der Waals surface area contributed by atoms with Gasteiger partial charge in [0.15, 0.2) is 5.75 Å². The van der Waals surface area contributed by atoms with Crippen LogP contribution in [0.25, 0.3) is 0 Å². The fourth-order valence-electron chi connectivity index (χ4n) is 7.51. The topological polar surface area (TPSA) is 9.23 Å². The quantitative estimate of drug-likeness (QED) is 0.149. The lowest BCUT2D eigenvalue weighted by Crippen LogP contribution is -2.45. The zero-order valence-electron chi connectivity index (χ0n) is 28.0. The van der Waals surface area contributed by atoms with Crippen LogP contribution in [0.1, 0.15) is 52.2 Å². The lowest BCUT2D eigenvalue weighted by Gasteiger charge is -2.43. The Labute approximate surface area is 282 Å². The summed E-state index contributed by atoms with van der Waals surface area (Å²) in [7, 11) is -3.12. The molecule has 47 heavy (non-hydrogen) atoms. The molecular weight excluding hydrogens is 606 g/mol. The van der Waals surface area contributed by atoms with Crippen LogP contribution in [0.4, 0.5) is 0 Å². The van der Waals surface area contributed by atoms with Crippen LogP contribution in [0.2, 0.25) is 0 Å². The maximum atomic E-state index is 7.53. The molecule has 0 aliphatic carbocycles. The molecule has 1 aliphatic heterocycles. The molecule has 3 heteroatoms. The first-order chi connectivity index (χ1) is 22.8. The Hall–Kier alpha value is -4.02. The molecule has 0 amide bonds. The zero-order valence-corrected chi connectivity index (χ0v) is 29.8. The summed E-state index contributed by atoms with van der Waals surface area (Å²) in [5.74, 6) is 2.06. The van der Waals surface area contributed by atoms with E-state index in [2.05, 4.69) is 192 Å². The van der Waals surface area contributed by atoms with Crippen LogP contribution in [-0.4, -0.2) is 5.16 Å². The van der Waals surface area contributed by atoms with E-state index < -0.39 is 15.2 Å². The number of ether oxygens (including phenoxy) is 1. The summed E-state index contributed by atoms with van der Waals surface area (Å²) in [5, 5.41) is 7.98. The number of rotatable bonds is 8. The van der Waals surface area contributed by atoms with Crippen molar-refractivity contribution in [1.82, 2.24) is 0 Å². The van der Waals surface area contributed by atoms with Gasteiger partial charge in [0, 0.05) is 21.8 Å². The van der Waals surface area contributed by atoms with Gasteiger partial charge in [0.1, 0.15) is 28.9 Å². The van der Waals surface area contributed by atoms with Crippen LogP contribution in [0, 0.1) is 0 Å². The highest BCUT2D eigenvalue weighted by atomic mass is 31.2.